The Morgan fingerprint density at radius 2 is 2.00 bits per heavy atom. The molecule has 130 valence electrons. The van der Waals surface area contributed by atoms with Gasteiger partial charge >= 0.3 is 0 Å². The lowest BCUT2D eigenvalue weighted by Gasteiger charge is -2.22. The lowest BCUT2D eigenvalue weighted by atomic mass is 10.0. The molecule has 24 heavy (non-hydrogen) atoms. The molecule has 1 atom stereocenters. The third-order valence-corrected chi connectivity index (χ3v) is 6.55. The molecule has 1 aliphatic rings. The Hall–Kier alpha value is -1.66. The van der Waals surface area contributed by atoms with Gasteiger partial charge < -0.3 is 4.52 Å². The molecule has 0 bridgehead atoms. The molecule has 3 rings (SSSR count). The molecule has 2 aromatic rings. The van der Waals surface area contributed by atoms with Gasteiger partial charge in [-0.15, -0.1) is 0 Å². The Morgan fingerprint density at radius 3 is 2.58 bits per heavy atom. The summed E-state index contributed by atoms with van der Waals surface area (Å²) in [6, 6.07) is 8.82. The zero-order valence-electron chi connectivity index (χ0n) is 14.4. The predicted octanol–water partition coefficient (Wildman–Crippen LogP) is 3.89. The molecule has 1 aromatic heterocycles. The van der Waals surface area contributed by atoms with Crippen LogP contribution in [0.25, 0.3) is 0 Å². The number of benzene rings is 1. The summed E-state index contributed by atoms with van der Waals surface area (Å²) < 4.78 is 33.0. The molecule has 1 aliphatic heterocycles. The maximum absolute atomic E-state index is 13.0. The molecule has 0 saturated carbocycles. The predicted molar refractivity (Wildman–Crippen MR) is 92.3 cm³/mol. The summed E-state index contributed by atoms with van der Waals surface area (Å²) in [6.07, 6.45) is 2.37. The second-order valence-electron chi connectivity index (χ2n) is 6.57. The van der Waals surface area contributed by atoms with Crippen LogP contribution in [-0.2, 0) is 16.4 Å². The summed E-state index contributed by atoms with van der Waals surface area (Å²) in [5.74, 6) is 1.02. The smallest absolute Gasteiger partial charge is 0.243 e. The number of hydrogen-bond donors (Lipinski definition) is 0. The first kappa shape index (κ1) is 17.2. The summed E-state index contributed by atoms with van der Waals surface area (Å²) in [5, 5.41) is 4.00. The highest BCUT2D eigenvalue weighted by molar-refractivity contribution is 7.89. The monoisotopic (exact) mass is 348 g/mol. The first-order valence-electron chi connectivity index (χ1n) is 8.50. The highest BCUT2D eigenvalue weighted by Gasteiger charge is 2.38. The van der Waals surface area contributed by atoms with Gasteiger partial charge in [-0.2, -0.15) is 4.31 Å². The lowest BCUT2D eigenvalue weighted by molar-refractivity contribution is 0.296. The van der Waals surface area contributed by atoms with Crippen molar-refractivity contribution in [2.75, 3.05) is 6.54 Å². The van der Waals surface area contributed by atoms with Crippen LogP contribution in [0.2, 0.25) is 0 Å². The molecule has 1 saturated heterocycles. The molecule has 2 heterocycles. The molecular formula is C18H24N2O3S. The van der Waals surface area contributed by atoms with Crippen LogP contribution in [0.1, 0.15) is 62.6 Å². The van der Waals surface area contributed by atoms with Gasteiger partial charge in [-0.1, -0.05) is 38.1 Å². The zero-order chi connectivity index (χ0) is 17.3. The number of aryl methyl sites for hydroxylation is 1. The largest absolute Gasteiger partial charge is 0.359 e. The Kier molecular flexibility index (Phi) is 4.78. The molecule has 0 spiro atoms. The maximum Gasteiger partial charge on any atom is 0.243 e. The van der Waals surface area contributed by atoms with E-state index in [2.05, 4.69) is 19.0 Å². The van der Waals surface area contributed by atoms with Crippen LogP contribution in [0.5, 0.6) is 0 Å². The van der Waals surface area contributed by atoms with Gasteiger partial charge in [0.2, 0.25) is 10.0 Å². The fourth-order valence-corrected chi connectivity index (χ4v) is 4.79. The van der Waals surface area contributed by atoms with Crippen molar-refractivity contribution in [1.82, 2.24) is 9.46 Å². The summed E-state index contributed by atoms with van der Waals surface area (Å²) >= 11 is 0. The van der Waals surface area contributed by atoms with Crippen molar-refractivity contribution in [3.05, 3.63) is 47.3 Å². The SMILES string of the molecule is CCc1cc(C2CCCN2S(=O)(=O)c2ccc(C(C)C)cc2)on1. The van der Waals surface area contributed by atoms with Gasteiger partial charge in [-0.05, 0) is 42.9 Å². The van der Waals surface area contributed by atoms with Crippen molar-refractivity contribution in [1.29, 1.82) is 0 Å². The van der Waals surface area contributed by atoms with E-state index in [0.29, 0.717) is 23.1 Å². The average molecular weight is 348 g/mol. The minimum Gasteiger partial charge on any atom is -0.359 e. The quantitative estimate of drug-likeness (QED) is 0.822. The van der Waals surface area contributed by atoms with Crippen molar-refractivity contribution in [3.8, 4) is 0 Å². The van der Waals surface area contributed by atoms with Crippen LogP contribution in [0.3, 0.4) is 0 Å². The Labute approximate surface area is 143 Å². The number of hydrogen-bond acceptors (Lipinski definition) is 4. The summed E-state index contributed by atoms with van der Waals surface area (Å²) in [5.41, 5.74) is 1.99. The van der Waals surface area contributed by atoms with E-state index in [1.807, 2.05) is 25.1 Å². The van der Waals surface area contributed by atoms with E-state index in [0.717, 1.165) is 30.5 Å². The van der Waals surface area contributed by atoms with Crippen LogP contribution < -0.4 is 0 Å². The molecule has 0 aliphatic carbocycles. The number of aromatic nitrogens is 1. The Morgan fingerprint density at radius 1 is 1.29 bits per heavy atom. The van der Waals surface area contributed by atoms with Crippen molar-refractivity contribution in [2.24, 2.45) is 0 Å². The summed E-state index contributed by atoms with van der Waals surface area (Å²) in [7, 11) is -3.53. The molecule has 1 unspecified atom stereocenters. The van der Waals surface area contributed by atoms with Gasteiger partial charge in [0.05, 0.1) is 16.6 Å². The first-order chi connectivity index (χ1) is 11.4. The molecule has 0 amide bonds. The Bertz CT molecular complexity index is 794. The minimum atomic E-state index is -3.53. The van der Waals surface area contributed by atoms with Crippen molar-refractivity contribution < 1.29 is 12.9 Å². The van der Waals surface area contributed by atoms with E-state index in [1.165, 1.54) is 0 Å². The van der Waals surface area contributed by atoms with E-state index in [-0.39, 0.29) is 6.04 Å². The van der Waals surface area contributed by atoms with E-state index >= 15 is 0 Å². The van der Waals surface area contributed by atoms with Crippen molar-refractivity contribution >= 4 is 10.0 Å². The highest BCUT2D eigenvalue weighted by atomic mass is 32.2. The van der Waals surface area contributed by atoms with Crippen molar-refractivity contribution in [2.45, 2.75) is 56.9 Å². The molecule has 1 fully saturated rings. The highest BCUT2D eigenvalue weighted by Crippen LogP contribution is 2.37. The van der Waals surface area contributed by atoms with Crippen LogP contribution in [-0.4, -0.2) is 24.4 Å². The molecule has 5 nitrogen and oxygen atoms in total. The van der Waals surface area contributed by atoms with E-state index in [1.54, 1.807) is 16.4 Å². The van der Waals surface area contributed by atoms with Crippen LogP contribution in [0, 0.1) is 0 Å². The number of sulfonamides is 1. The topological polar surface area (TPSA) is 63.4 Å². The lowest BCUT2D eigenvalue weighted by Crippen LogP contribution is -2.30. The normalized spacial score (nSPS) is 19.2. The van der Waals surface area contributed by atoms with Gasteiger partial charge in [0, 0.05) is 12.6 Å². The fraction of sp³-hybridized carbons (Fsp3) is 0.500. The van der Waals surface area contributed by atoms with Gasteiger partial charge in [0.1, 0.15) is 0 Å². The van der Waals surface area contributed by atoms with Crippen molar-refractivity contribution in [3.63, 3.8) is 0 Å². The molecule has 6 heteroatoms. The average Bonchev–Trinajstić information content (AvgIpc) is 3.23. The molecule has 0 radical (unpaired) electrons. The number of rotatable bonds is 5. The van der Waals surface area contributed by atoms with Gasteiger partial charge in [0.25, 0.3) is 0 Å². The maximum atomic E-state index is 13.0. The second kappa shape index (κ2) is 6.69. The third-order valence-electron chi connectivity index (χ3n) is 4.62. The van der Waals surface area contributed by atoms with Crippen LogP contribution in [0.15, 0.2) is 39.8 Å². The van der Waals surface area contributed by atoms with E-state index in [9.17, 15) is 8.42 Å². The molecular weight excluding hydrogens is 324 g/mol. The summed E-state index contributed by atoms with van der Waals surface area (Å²) in [6.45, 7) is 6.70. The summed E-state index contributed by atoms with van der Waals surface area (Å²) in [4.78, 5) is 0.342. The number of nitrogens with zero attached hydrogens (tertiary/aromatic N) is 2. The fourth-order valence-electron chi connectivity index (χ4n) is 3.12. The standard InChI is InChI=1S/C18H24N2O3S/c1-4-15-12-18(23-19-15)17-6-5-11-20(17)24(21,22)16-9-7-14(8-10-16)13(2)3/h7-10,12-13,17H,4-6,11H2,1-3H3. The first-order valence-corrected chi connectivity index (χ1v) is 9.94. The zero-order valence-corrected chi connectivity index (χ0v) is 15.2. The van der Waals surface area contributed by atoms with Gasteiger partial charge in [-0.3, -0.25) is 0 Å². The van der Waals surface area contributed by atoms with Gasteiger partial charge in [-0.25, -0.2) is 8.42 Å². The van der Waals surface area contributed by atoms with Crippen LogP contribution in [0.4, 0.5) is 0 Å². The van der Waals surface area contributed by atoms with Crippen LogP contribution >= 0.6 is 0 Å². The molecule has 0 N–H and O–H groups in total. The molecule has 1 aromatic carbocycles. The van der Waals surface area contributed by atoms with E-state index in [4.69, 9.17) is 4.52 Å². The second-order valence-corrected chi connectivity index (χ2v) is 8.46. The third kappa shape index (κ3) is 3.13. The minimum absolute atomic E-state index is 0.257. The van der Waals surface area contributed by atoms with Gasteiger partial charge in [0.15, 0.2) is 5.76 Å². The van der Waals surface area contributed by atoms with E-state index < -0.39 is 10.0 Å². The Balaban J connectivity index is 1.90.